The first-order valence-electron chi connectivity index (χ1n) is 9.46. The van der Waals surface area contributed by atoms with Gasteiger partial charge in [-0.2, -0.15) is 4.37 Å². The molecule has 1 aromatic carbocycles. The number of nitrogens with zero attached hydrogens (tertiary/aromatic N) is 4. The molecule has 0 saturated carbocycles. The Balaban J connectivity index is 1.26. The zero-order chi connectivity index (χ0) is 20.2. The van der Waals surface area contributed by atoms with Gasteiger partial charge in [0.2, 0.25) is 5.91 Å². The SMILES string of the molecule is Cc1cccc(NC(=O)CNC(=O)N2CCN(c3nsc4ccccc34)CC2)n1. The molecule has 29 heavy (non-hydrogen) atoms. The molecule has 8 nitrogen and oxygen atoms in total. The number of carbonyl (C=O) groups is 2. The maximum absolute atomic E-state index is 12.4. The van der Waals surface area contributed by atoms with E-state index < -0.39 is 0 Å². The van der Waals surface area contributed by atoms with Gasteiger partial charge in [0.1, 0.15) is 11.6 Å². The summed E-state index contributed by atoms with van der Waals surface area (Å²) in [5.74, 6) is 1.16. The highest BCUT2D eigenvalue weighted by Gasteiger charge is 2.23. The third-order valence-corrected chi connectivity index (χ3v) is 5.60. The molecule has 150 valence electrons. The number of amides is 3. The van der Waals surface area contributed by atoms with Gasteiger partial charge in [-0.25, -0.2) is 9.78 Å². The van der Waals surface area contributed by atoms with E-state index in [4.69, 9.17) is 0 Å². The number of hydrogen-bond acceptors (Lipinski definition) is 6. The van der Waals surface area contributed by atoms with Crippen LogP contribution in [0.4, 0.5) is 16.4 Å². The second-order valence-corrected chi connectivity index (χ2v) is 7.65. The summed E-state index contributed by atoms with van der Waals surface area (Å²) in [6, 6.07) is 13.3. The number of aryl methyl sites for hydroxylation is 1. The fraction of sp³-hybridized carbons (Fsp3) is 0.300. The first-order valence-corrected chi connectivity index (χ1v) is 10.2. The molecule has 0 unspecified atom stereocenters. The first-order chi connectivity index (χ1) is 14.1. The third-order valence-electron chi connectivity index (χ3n) is 4.78. The zero-order valence-electron chi connectivity index (χ0n) is 16.1. The van der Waals surface area contributed by atoms with Crippen LogP contribution in [0.15, 0.2) is 42.5 Å². The van der Waals surface area contributed by atoms with Gasteiger partial charge < -0.3 is 20.4 Å². The lowest BCUT2D eigenvalue weighted by atomic mass is 10.2. The smallest absolute Gasteiger partial charge is 0.317 e. The van der Waals surface area contributed by atoms with Gasteiger partial charge in [-0.1, -0.05) is 18.2 Å². The molecule has 0 atom stereocenters. The molecule has 0 bridgehead atoms. The van der Waals surface area contributed by atoms with Crippen LogP contribution in [-0.2, 0) is 4.79 Å². The summed E-state index contributed by atoms with van der Waals surface area (Å²) in [6.07, 6.45) is 0. The van der Waals surface area contributed by atoms with E-state index in [0.29, 0.717) is 32.0 Å². The Hall–Kier alpha value is -3.20. The maximum Gasteiger partial charge on any atom is 0.317 e. The van der Waals surface area contributed by atoms with Crippen LogP contribution in [0.5, 0.6) is 0 Å². The third kappa shape index (κ3) is 4.45. The summed E-state index contributed by atoms with van der Waals surface area (Å²) >= 11 is 1.49. The number of urea groups is 1. The molecule has 1 fully saturated rings. The van der Waals surface area contributed by atoms with Crippen molar-refractivity contribution in [1.29, 1.82) is 0 Å². The summed E-state index contributed by atoms with van der Waals surface area (Å²) in [4.78, 5) is 32.6. The van der Waals surface area contributed by atoms with E-state index >= 15 is 0 Å². The lowest BCUT2D eigenvalue weighted by Crippen LogP contribution is -2.52. The number of anilines is 2. The minimum atomic E-state index is -0.302. The molecule has 1 saturated heterocycles. The molecule has 1 aliphatic rings. The number of benzene rings is 1. The van der Waals surface area contributed by atoms with Crippen molar-refractivity contribution in [3.05, 3.63) is 48.2 Å². The molecule has 3 aromatic rings. The molecule has 2 N–H and O–H groups in total. The summed E-state index contributed by atoms with van der Waals surface area (Å²) < 4.78 is 5.75. The number of hydrogen-bond donors (Lipinski definition) is 2. The van der Waals surface area contributed by atoms with Crippen molar-refractivity contribution >= 4 is 45.2 Å². The molecule has 0 aliphatic carbocycles. The summed E-state index contributed by atoms with van der Waals surface area (Å²) in [5.41, 5.74) is 0.817. The Bertz CT molecular complexity index is 1030. The fourth-order valence-electron chi connectivity index (χ4n) is 3.29. The number of aromatic nitrogens is 2. The Morgan fingerprint density at radius 1 is 1.07 bits per heavy atom. The summed E-state index contributed by atoms with van der Waals surface area (Å²) in [6.45, 7) is 4.34. The van der Waals surface area contributed by atoms with Crippen molar-refractivity contribution < 1.29 is 9.59 Å². The molecular formula is C20H22N6O2S. The molecule has 3 amide bonds. The highest BCUT2D eigenvalue weighted by Crippen LogP contribution is 2.29. The number of piperazine rings is 1. The van der Waals surface area contributed by atoms with Crippen molar-refractivity contribution in [2.75, 3.05) is 42.9 Å². The van der Waals surface area contributed by atoms with E-state index in [9.17, 15) is 9.59 Å². The fourth-order valence-corrected chi connectivity index (χ4v) is 4.09. The predicted molar refractivity (Wildman–Crippen MR) is 114 cm³/mol. The average Bonchev–Trinajstić information content (AvgIpc) is 3.16. The minimum Gasteiger partial charge on any atom is -0.352 e. The standard InChI is InChI=1S/C20H22N6O2S/c1-14-5-4-8-17(22-14)23-18(27)13-21-20(28)26-11-9-25(10-12-26)19-15-6-2-3-7-16(15)29-24-19/h2-8H,9-13H2,1H3,(H,21,28)(H,22,23,27). The molecular weight excluding hydrogens is 388 g/mol. The number of fused-ring (bicyclic) bond motifs is 1. The number of rotatable bonds is 4. The normalized spacial score (nSPS) is 14.1. The molecule has 4 rings (SSSR count). The Morgan fingerprint density at radius 3 is 2.66 bits per heavy atom. The molecule has 9 heteroatoms. The lowest BCUT2D eigenvalue weighted by molar-refractivity contribution is -0.115. The number of nitrogens with one attached hydrogen (secondary N) is 2. The summed E-state index contributed by atoms with van der Waals surface area (Å²) in [7, 11) is 0. The van der Waals surface area contributed by atoms with Gasteiger partial charge in [-0.3, -0.25) is 4.79 Å². The Labute approximate surface area is 172 Å². The van der Waals surface area contributed by atoms with Gasteiger partial charge in [0.15, 0.2) is 0 Å². The molecule has 2 aromatic heterocycles. The topological polar surface area (TPSA) is 90.5 Å². The second-order valence-electron chi connectivity index (χ2n) is 6.85. The monoisotopic (exact) mass is 410 g/mol. The van der Waals surface area contributed by atoms with Crippen molar-refractivity contribution in [3.8, 4) is 0 Å². The number of pyridine rings is 1. The molecule has 1 aliphatic heterocycles. The van der Waals surface area contributed by atoms with Crippen molar-refractivity contribution in [2.45, 2.75) is 6.92 Å². The highest BCUT2D eigenvalue weighted by atomic mass is 32.1. The van der Waals surface area contributed by atoms with E-state index in [2.05, 4.69) is 37.0 Å². The van der Waals surface area contributed by atoms with Gasteiger partial charge in [0.25, 0.3) is 0 Å². The average molecular weight is 411 g/mol. The van der Waals surface area contributed by atoms with Crippen molar-refractivity contribution in [2.24, 2.45) is 0 Å². The Morgan fingerprint density at radius 2 is 1.86 bits per heavy atom. The quantitative estimate of drug-likeness (QED) is 0.690. The highest BCUT2D eigenvalue weighted by molar-refractivity contribution is 7.13. The van der Waals surface area contributed by atoms with E-state index in [1.165, 1.54) is 11.5 Å². The van der Waals surface area contributed by atoms with Crippen LogP contribution in [0.25, 0.3) is 10.1 Å². The van der Waals surface area contributed by atoms with Crippen LogP contribution >= 0.6 is 11.5 Å². The molecule has 0 spiro atoms. The maximum atomic E-state index is 12.4. The van der Waals surface area contributed by atoms with E-state index in [1.54, 1.807) is 11.0 Å². The van der Waals surface area contributed by atoms with Crippen LogP contribution in [0, 0.1) is 6.92 Å². The predicted octanol–water partition coefficient (Wildman–Crippen LogP) is 2.47. The zero-order valence-corrected chi connectivity index (χ0v) is 16.9. The lowest BCUT2D eigenvalue weighted by Gasteiger charge is -2.35. The van der Waals surface area contributed by atoms with Crippen LogP contribution < -0.4 is 15.5 Å². The molecule has 0 radical (unpaired) electrons. The van der Waals surface area contributed by atoms with Crippen molar-refractivity contribution in [1.82, 2.24) is 19.6 Å². The van der Waals surface area contributed by atoms with Gasteiger partial charge in [-0.05, 0) is 42.7 Å². The van der Waals surface area contributed by atoms with E-state index in [0.717, 1.165) is 21.6 Å². The first kappa shape index (κ1) is 19.1. The largest absolute Gasteiger partial charge is 0.352 e. The van der Waals surface area contributed by atoms with E-state index in [1.807, 2.05) is 31.2 Å². The molecule has 3 heterocycles. The minimum absolute atomic E-state index is 0.0919. The van der Waals surface area contributed by atoms with Gasteiger partial charge >= 0.3 is 6.03 Å². The van der Waals surface area contributed by atoms with Gasteiger partial charge in [0.05, 0.1) is 11.2 Å². The van der Waals surface area contributed by atoms with E-state index in [-0.39, 0.29) is 18.5 Å². The van der Waals surface area contributed by atoms with Gasteiger partial charge in [-0.15, -0.1) is 0 Å². The van der Waals surface area contributed by atoms with Crippen LogP contribution in [0.1, 0.15) is 5.69 Å². The number of carbonyl (C=O) groups excluding carboxylic acids is 2. The van der Waals surface area contributed by atoms with Gasteiger partial charge in [0, 0.05) is 37.3 Å². The van der Waals surface area contributed by atoms with Crippen LogP contribution in [-0.4, -0.2) is 58.9 Å². The van der Waals surface area contributed by atoms with Crippen LogP contribution in [0.3, 0.4) is 0 Å². The summed E-state index contributed by atoms with van der Waals surface area (Å²) in [5, 5.41) is 6.52. The second kappa shape index (κ2) is 8.44. The Kier molecular flexibility index (Phi) is 5.57. The van der Waals surface area contributed by atoms with Crippen LogP contribution in [0.2, 0.25) is 0 Å². The van der Waals surface area contributed by atoms with Crippen molar-refractivity contribution in [3.63, 3.8) is 0 Å².